The van der Waals surface area contributed by atoms with Crippen LogP contribution in [0.2, 0.25) is 5.02 Å². The van der Waals surface area contributed by atoms with E-state index in [1.807, 2.05) is 0 Å². The topological polar surface area (TPSA) is 84.9 Å². The molecule has 138 valence electrons. The van der Waals surface area contributed by atoms with Gasteiger partial charge < -0.3 is 14.8 Å². The SMILES string of the molecule is C=CCN1C(=O)N/C(=C/c2cc(Cl)c(OCC(=O)OCC)c(Br)c2)C1=O. The summed E-state index contributed by atoms with van der Waals surface area (Å²) in [5.74, 6) is -0.690. The van der Waals surface area contributed by atoms with Crippen LogP contribution in [0, 0.1) is 0 Å². The summed E-state index contributed by atoms with van der Waals surface area (Å²) in [5, 5.41) is 2.73. The van der Waals surface area contributed by atoms with Gasteiger partial charge in [0.15, 0.2) is 12.4 Å². The van der Waals surface area contributed by atoms with Crippen molar-refractivity contribution in [1.29, 1.82) is 0 Å². The van der Waals surface area contributed by atoms with Gasteiger partial charge in [-0.05, 0) is 46.6 Å². The molecule has 1 saturated heterocycles. The zero-order valence-electron chi connectivity index (χ0n) is 13.9. The lowest BCUT2D eigenvalue weighted by Gasteiger charge is -2.11. The zero-order valence-corrected chi connectivity index (χ0v) is 16.2. The van der Waals surface area contributed by atoms with Crippen LogP contribution in [0.1, 0.15) is 12.5 Å². The molecule has 26 heavy (non-hydrogen) atoms. The molecule has 1 aliphatic rings. The summed E-state index contributed by atoms with van der Waals surface area (Å²) in [6, 6.07) is 2.69. The molecule has 1 aromatic carbocycles. The number of benzene rings is 1. The summed E-state index contributed by atoms with van der Waals surface area (Å²) < 4.78 is 10.6. The molecule has 7 nitrogen and oxygen atoms in total. The first-order chi connectivity index (χ1) is 12.4. The second-order valence-corrected chi connectivity index (χ2v) is 6.36. The number of carbonyl (C=O) groups excluding carboxylic acids is 3. The number of hydrogen-bond acceptors (Lipinski definition) is 5. The van der Waals surface area contributed by atoms with Crippen molar-refractivity contribution >= 4 is 51.5 Å². The predicted octanol–water partition coefficient (Wildman–Crippen LogP) is 3.12. The highest BCUT2D eigenvalue weighted by molar-refractivity contribution is 9.10. The van der Waals surface area contributed by atoms with Crippen molar-refractivity contribution in [3.8, 4) is 5.75 Å². The van der Waals surface area contributed by atoms with Gasteiger partial charge in [0.2, 0.25) is 0 Å². The monoisotopic (exact) mass is 442 g/mol. The Morgan fingerprint density at radius 3 is 2.77 bits per heavy atom. The molecule has 0 unspecified atom stereocenters. The number of nitrogens with one attached hydrogen (secondary N) is 1. The third kappa shape index (κ3) is 4.64. The van der Waals surface area contributed by atoms with Crippen molar-refractivity contribution in [3.63, 3.8) is 0 Å². The molecule has 0 saturated carbocycles. The van der Waals surface area contributed by atoms with Crippen molar-refractivity contribution < 1.29 is 23.9 Å². The Bertz CT molecular complexity index is 770. The number of halogens is 2. The van der Waals surface area contributed by atoms with E-state index >= 15 is 0 Å². The van der Waals surface area contributed by atoms with Crippen molar-refractivity contribution in [3.05, 3.63) is 45.5 Å². The van der Waals surface area contributed by atoms with Crippen LogP contribution in [-0.2, 0) is 14.3 Å². The molecule has 0 spiro atoms. The number of esters is 1. The maximum atomic E-state index is 12.2. The normalized spacial score (nSPS) is 15.2. The number of imide groups is 1. The lowest BCUT2D eigenvalue weighted by Crippen LogP contribution is -2.30. The van der Waals surface area contributed by atoms with Crippen LogP contribution in [0.25, 0.3) is 6.08 Å². The van der Waals surface area contributed by atoms with E-state index in [2.05, 4.69) is 27.8 Å². The summed E-state index contributed by atoms with van der Waals surface area (Å²) in [7, 11) is 0. The molecule has 0 aromatic heterocycles. The van der Waals surface area contributed by atoms with Crippen molar-refractivity contribution in [2.24, 2.45) is 0 Å². The lowest BCUT2D eigenvalue weighted by molar-refractivity contribution is -0.145. The number of carbonyl (C=O) groups is 3. The summed E-state index contributed by atoms with van der Waals surface area (Å²) in [6.45, 7) is 5.30. The summed E-state index contributed by atoms with van der Waals surface area (Å²) in [6.07, 6.45) is 2.96. The highest BCUT2D eigenvalue weighted by atomic mass is 79.9. The molecular weight excluding hydrogens is 428 g/mol. The summed E-state index contributed by atoms with van der Waals surface area (Å²) in [4.78, 5) is 36.4. The Hall–Kier alpha value is -2.32. The van der Waals surface area contributed by atoms with Crippen LogP contribution < -0.4 is 10.1 Å². The van der Waals surface area contributed by atoms with Crippen LogP contribution in [0.4, 0.5) is 4.79 Å². The van der Waals surface area contributed by atoms with Crippen molar-refractivity contribution in [2.45, 2.75) is 6.92 Å². The van der Waals surface area contributed by atoms with Gasteiger partial charge in [0.1, 0.15) is 5.70 Å². The van der Waals surface area contributed by atoms with Gasteiger partial charge in [0.05, 0.1) is 16.1 Å². The average molecular weight is 444 g/mol. The summed E-state index contributed by atoms with van der Waals surface area (Å²) in [5.41, 5.74) is 0.689. The second kappa shape index (κ2) is 8.86. The molecule has 0 radical (unpaired) electrons. The van der Waals surface area contributed by atoms with Crippen LogP contribution in [0.15, 0.2) is 35.0 Å². The van der Waals surface area contributed by atoms with Gasteiger partial charge in [-0.25, -0.2) is 9.59 Å². The number of urea groups is 1. The van der Waals surface area contributed by atoms with Crippen LogP contribution in [0.3, 0.4) is 0 Å². The van der Waals surface area contributed by atoms with Crippen LogP contribution >= 0.6 is 27.5 Å². The smallest absolute Gasteiger partial charge is 0.344 e. The molecular formula is C17H16BrClN2O5. The largest absolute Gasteiger partial charge is 0.479 e. The van der Waals surface area contributed by atoms with Crippen molar-refractivity contribution in [1.82, 2.24) is 10.2 Å². The minimum atomic E-state index is -0.513. The van der Waals surface area contributed by atoms with Gasteiger partial charge in [-0.3, -0.25) is 9.69 Å². The van der Waals surface area contributed by atoms with E-state index in [0.717, 1.165) is 4.90 Å². The number of nitrogens with zero attached hydrogens (tertiary/aromatic N) is 1. The number of hydrogen-bond donors (Lipinski definition) is 1. The standard InChI is InChI=1S/C17H16BrClN2O5/c1-3-5-21-16(23)13(20-17(21)24)8-10-6-11(18)15(12(19)7-10)26-9-14(22)25-4-2/h3,6-8H,1,4-5,9H2,2H3,(H,20,24)/b13-8+. The maximum absolute atomic E-state index is 12.2. The van der Waals surface area contributed by atoms with E-state index in [9.17, 15) is 14.4 Å². The second-order valence-electron chi connectivity index (χ2n) is 5.10. The fourth-order valence-electron chi connectivity index (χ4n) is 2.17. The Morgan fingerprint density at radius 2 is 2.15 bits per heavy atom. The van der Waals surface area contributed by atoms with Crippen molar-refractivity contribution in [2.75, 3.05) is 19.8 Å². The van der Waals surface area contributed by atoms with E-state index in [0.29, 0.717) is 10.0 Å². The lowest BCUT2D eigenvalue weighted by atomic mass is 10.2. The Morgan fingerprint density at radius 1 is 1.42 bits per heavy atom. The van der Waals surface area contributed by atoms with Gasteiger partial charge in [-0.15, -0.1) is 6.58 Å². The maximum Gasteiger partial charge on any atom is 0.344 e. The molecule has 0 atom stereocenters. The van der Waals surface area contributed by atoms with E-state index in [4.69, 9.17) is 21.1 Å². The van der Waals surface area contributed by atoms with Gasteiger partial charge in [-0.2, -0.15) is 0 Å². The molecule has 1 N–H and O–H groups in total. The van der Waals surface area contributed by atoms with E-state index in [1.165, 1.54) is 12.2 Å². The quantitative estimate of drug-likeness (QED) is 0.303. The van der Waals surface area contributed by atoms with Gasteiger partial charge >= 0.3 is 12.0 Å². The first kappa shape index (κ1) is 20.0. The fraction of sp³-hybridized carbons (Fsp3) is 0.235. The van der Waals surface area contributed by atoms with Gasteiger partial charge in [0, 0.05) is 6.54 Å². The molecule has 1 aliphatic heterocycles. The van der Waals surface area contributed by atoms with Gasteiger partial charge in [-0.1, -0.05) is 17.7 Å². The molecule has 2 rings (SSSR count). The molecule has 1 aromatic rings. The fourth-order valence-corrected chi connectivity index (χ4v) is 3.16. The van der Waals surface area contributed by atoms with Gasteiger partial charge in [0.25, 0.3) is 5.91 Å². The Labute approximate surface area is 163 Å². The highest BCUT2D eigenvalue weighted by Gasteiger charge is 2.32. The minimum absolute atomic E-state index is 0.118. The molecule has 9 heteroatoms. The minimum Gasteiger partial charge on any atom is -0.479 e. The zero-order chi connectivity index (χ0) is 19.3. The third-order valence-corrected chi connectivity index (χ3v) is 4.12. The van der Waals surface area contributed by atoms with E-state index in [1.54, 1.807) is 19.1 Å². The molecule has 1 fully saturated rings. The highest BCUT2D eigenvalue weighted by Crippen LogP contribution is 2.35. The average Bonchev–Trinajstić information content (AvgIpc) is 2.82. The number of rotatable bonds is 7. The Balaban J connectivity index is 2.19. The molecule has 3 amide bonds. The van der Waals surface area contributed by atoms with Crippen LogP contribution in [0.5, 0.6) is 5.75 Å². The van der Waals surface area contributed by atoms with E-state index in [-0.39, 0.29) is 36.2 Å². The number of ether oxygens (including phenoxy) is 2. The van der Waals surface area contributed by atoms with Crippen LogP contribution in [-0.4, -0.2) is 42.6 Å². The third-order valence-electron chi connectivity index (χ3n) is 3.25. The molecule has 1 heterocycles. The predicted molar refractivity (Wildman–Crippen MR) is 99.7 cm³/mol. The van der Waals surface area contributed by atoms with E-state index < -0.39 is 17.9 Å². The summed E-state index contributed by atoms with van der Waals surface area (Å²) >= 11 is 9.51. The first-order valence-corrected chi connectivity index (χ1v) is 8.77. The first-order valence-electron chi connectivity index (χ1n) is 7.60. The molecule has 0 aliphatic carbocycles. The Kier molecular flexibility index (Phi) is 6.82. The molecule has 0 bridgehead atoms. The number of amides is 3.